The lowest BCUT2D eigenvalue weighted by Crippen LogP contribution is -2.34. The summed E-state index contributed by atoms with van der Waals surface area (Å²) >= 11 is 6.00. The number of amides is 1. The number of halogens is 1. The van der Waals surface area contributed by atoms with Crippen molar-refractivity contribution >= 4 is 40.0 Å². The first-order valence-electron chi connectivity index (χ1n) is 9.78. The average molecular weight is 455 g/mol. The zero-order chi connectivity index (χ0) is 22.9. The molecule has 2 aromatic rings. The van der Waals surface area contributed by atoms with E-state index < -0.39 is 16.6 Å². The number of carbonyl (C=O) groups excluding carboxylic acids is 1. The standard InChI is InChI=1S/C20H27ClN4O6/c1-20(2,3)31-19(26)23-9-11-30-13-12-29-10-8-22-16-14-6-4-5-7-15(14)24-18(21)17(16)25(27)28/h4-7H,8-13H2,1-3H3,(H,22,24)(H,23,26). The summed E-state index contributed by atoms with van der Waals surface area (Å²) in [5.41, 5.74) is 0.0750. The maximum absolute atomic E-state index is 11.5. The number of hydrogen-bond donors (Lipinski definition) is 2. The van der Waals surface area contributed by atoms with Gasteiger partial charge in [0.2, 0.25) is 5.15 Å². The summed E-state index contributed by atoms with van der Waals surface area (Å²) in [4.78, 5) is 26.4. The van der Waals surface area contributed by atoms with E-state index in [0.717, 1.165) is 0 Å². The van der Waals surface area contributed by atoms with Crippen molar-refractivity contribution < 1.29 is 23.9 Å². The Balaban J connectivity index is 1.69. The van der Waals surface area contributed by atoms with Crippen molar-refractivity contribution in [2.45, 2.75) is 26.4 Å². The number of para-hydroxylation sites is 1. The minimum Gasteiger partial charge on any atom is -0.444 e. The monoisotopic (exact) mass is 454 g/mol. The summed E-state index contributed by atoms with van der Waals surface area (Å²) < 4.78 is 16.0. The van der Waals surface area contributed by atoms with Crippen molar-refractivity contribution in [2.75, 3.05) is 44.8 Å². The molecule has 0 fully saturated rings. The predicted molar refractivity (Wildman–Crippen MR) is 118 cm³/mol. The summed E-state index contributed by atoms with van der Waals surface area (Å²) in [5, 5.41) is 17.5. The van der Waals surface area contributed by atoms with Gasteiger partial charge < -0.3 is 24.8 Å². The lowest BCUT2D eigenvalue weighted by atomic mass is 10.1. The first-order valence-corrected chi connectivity index (χ1v) is 10.2. The van der Waals surface area contributed by atoms with Crippen molar-refractivity contribution in [3.8, 4) is 0 Å². The second-order valence-electron chi connectivity index (χ2n) is 7.48. The largest absolute Gasteiger partial charge is 0.444 e. The number of fused-ring (bicyclic) bond motifs is 1. The lowest BCUT2D eigenvalue weighted by molar-refractivity contribution is -0.384. The molecule has 1 heterocycles. The van der Waals surface area contributed by atoms with Crippen LogP contribution in [0.1, 0.15) is 20.8 Å². The normalized spacial score (nSPS) is 11.4. The van der Waals surface area contributed by atoms with Crippen molar-refractivity contribution in [3.05, 3.63) is 39.5 Å². The molecule has 1 aromatic carbocycles. The van der Waals surface area contributed by atoms with Crippen LogP contribution in [0.2, 0.25) is 5.15 Å². The highest BCUT2D eigenvalue weighted by Crippen LogP contribution is 2.37. The second-order valence-corrected chi connectivity index (χ2v) is 7.84. The molecule has 0 bridgehead atoms. The molecule has 0 aliphatic heterocycles. The summed E-state index contributed by atoms with van der Waals surface area (Å²) in [6.07, 6.45) is -0.490. The number of ether oxygens (including phenoxy) is 3. The Bertz CT molecular complexity index is 903. The quantitative estimate of drug-likeness (QED) is 0.227. The molecule has 0 saturated heterocycles. The van der Waals surface area contributed by atoms with Crippen molar-refractivity contribution in [3.63, 3.8) is 0 Å². The number of aromatic nitrogens is 1. The van der Waals surface area contributed by atoms with Gasteiger partial charge in [0.1, 0.15) is 11.3 Å². The molecule has 170 valence electrons. The van der Waals surface area contributed by atoms with E-state index in [0.29, 0.717) is 56.1 Å². The number of benzene rings is 1. The van der Waals surface area contributed by atoms with E-state index in [2.05, 4.69) is 15.6 Å². The number of pyridine rings is 1. The molecule has 2 N–H and O–H groups in total. The Morgan fingerprint density at radius 1 is 1.13 bits per heavy atom. The van der Waals surface area contributed by atoms with Crippen LogP contribution in [0.15, 0.2) is 24.3 Å². The van der Waals surface area contributed by atoms with Crippen LogP contribution < -0.4 is 10.6 Å². The van der Waals surface area contributed by atoms with Gasteiger partial charge in [-0.3, -0.25) is 10.1 Å². The second kappa shape index (κ2) is 11.6. The molecule has 0 aliphatic carbocycles. The van der Waals surface area contributed by atoms with Gasteiger partial charge in [0.15, 0.2) is 0 Å². The highest BCUT2D eigenvalue weighted by Gasteiger charge is 2.23. The van der Waals surface area contributed by atoms with E-state index >= 15 is 0 Å². The van der Waals surface area contributed by atoms with E-state index in [9.17, 15) is 14.9 Å². The maximum Gasteiger partial charge on any atom is 0.407 e. The summed E-state index contributed by atoms with van der Waals surface area (Å²) in [7, 11) is 0. The predicted octanol–water partition coefficient (Wildman–Crippen LogP) is 3.77. The van der Waals surface area contributed by atoms with Gasteiger partial charge in [-0.15, -0.1) is 0 Å². The van der Waals surface area contributed by atoms with Gasteiger partial charge in [-0.25, -0.2) is 9.78 Å². The Morgan fingerprint density at radius 2 is 1.77 bits per heavy atom. The van der Waals surface area contributed by atoms with Crippen molar-refractivity contribution in [1.29, 1.82) is 0 Å². The molecular formula is C20H27ClN4O6. The van der Waals surface area contributed by atoms with Gasteiger partial charge in [-0.2, -0.15) is 0 Å². The minimum atomic E-state index is -0.551. The smallest absolute Gasteiger partial charge is 0.407 e. The summed E-state index contributed by atoms with van der Waals surface area (Å²) in [5.74, 6) is 0. The van der Waals surface area contributed by atoms with Gasteiger partial charge in [0.25, 0.3) is 0 Å². The third-order valence-electron chi connectivity index (χ3n) is 3.84. The molecule has 1 aromatic heterocycles. The Kier molecular flexibility index (Phi) is 9.22. The molecule has 0 atom stereocenters. The number of hydrogen-bond acceptors (Lipinski definition) is 8. The van der Waals surface area contributed by atoms with E-state index in [1.54, 1.807) is 45.0 Å². The molecule has 0 unspecified atom stereocenters. The zero-order valence-electron chi connectivity index (χ0n) is 17.8. The van der Waals surface area contributed by atoms with Gasteiger partial charge in [-0.05, 0) is 26.8 Å². The van der Waals surface area contributed by atoms with Crippen LogP contribution in [0.25, 0.3) is 10.9 Å². The fourth-order valence-electron chi connectivity index (χ4n) is 2.63. The first kappa shape index (κ1) is 24.6. The van der Waals surface area contributed by atoms with Crippen molar-refractivity contribution in [1.82, 2.24) is 10.3 Å². The third kappa shape index (κ3) is 8.16. The van der Waals surface area contributed by atoms with Crippen LogP contribution in [0, 0.1) is 10.1 Å². The highest BCUT2D eigenvalue weighted by atomic mass is 35.5. The molecule has 10 nitrogen and oxygen atoms in total. The minimum absolute atomic E-state index is 0.166. The number of anilines is 1. The van der Waals surface area contributed by atoms with E-state index in [1.165, 1.54) is 0 Å². The zero-order valence-corrected chi connectivity index (χ0v) is 18.5. The van der Waals surface area contributed by atoms with Crippen LogP contribution in [-0.2, 0) is 14.2 Å². The topological polar surface area (TPSA) is 125 Å². The van der Waals surface area contributed by atoms with Crippen LogP contribution in [0.3, 0.4) is 0 Å². The fourth-order valence-corrected chi connectivity index (χ4v) is 2.88. The maximum atomic E-state index is 11.5. The lowest BCUT2D eigenvalue weighted by Gasteiger charge is -2.19. The number of nitro groups is 1. The number of alkyl carbamates (subject to hydrolysis) is 1. The van der Waals surface area contributed by atoms with Gasteiger partial charge in [0, 0.05) is 18.5 Å². The average Bonchev–Trinajstić information content (AvgIpc) is 2.67. The SMILES string of the molecule is CC(C)(C)OC(=O)NCCOCCOCCNc1c([N+](=O)[O-])c(Cl)nc2ccccc12. The summed E-state index contributed by atoms with van der Waals surface area (Å²) in [6, 6.07) is 7.04. The molecule has 11 heteroatoms. The highest BCUT2D eigenvalue weighted by molar-refractivity contribution is 6.33. The first-order chi connectivity index (χ1) is 14.7. The van der Waals surface area contributed by atoms with Gasteiger partial charge in [-0.1, -0.05) is 29.8 Å². The van der Waals surface area contributed by atoms with Crippen LogP contribution in [0.5, 0.6) is 0 Å². The van der Waals surface area contributed by atoms with E-state index in [1.807, 2.05) is 0 Å². The molecule has 0 spiro atoms. The van der Waals surface area contributed by atoms with Crippen LogP contribution in [-0.4, -0.2) is 61.1 Å². The Labute approximate surface area is 185 Å². The molecule has 1 amide bonds. The number of carbonyl (C=O) groups is 1. The van der Waals surface area contributed by atoms with Crippen LogP contribution in [0.4, 0.5) is 16.2 Å². The molecule has 0 radical (unpaired) electrons. The van der Waals surface area contributed by atoms with E-state index in [-0.39, 0.29) is 10.8 Å². The number of rotatable bonds is 11. The van der Waals surface area contributed by atoms with Crippen molar-refractivity contribution in [2.24, 2.45) is 0 Å². The van der Waals surface area contributed by atoms with Gasteiger partial charge in [0.05, 0.1) is 36.9 Å². The Hall–Kier alpha value is -2.69. The van der Waals surface area contributed by atoms with Crippen LogP contribution >= 0.6 is 11.6 Å². The Morgan fingerprint density at radius 3 is 2.42 bits per heavy atom. The molecule has 0 saturated carbocycles. The fraction of sp³-hybridized carbons (Fsp3) is 0.500. The van der Waals surface area contributed by atoms with E-state index in [4.69, 9.17) is 25.8 Å². The van der Waals surface area contributed by atoms with Gasteiger partial charge >= 0.3 is 11.8 Å². The summed E-state index contributed by atoms with van der Waals surface area (Å²) in [6.45, 7) is 7.37. The number of nitrogens with one attached hydrogen (secondary N) is 2. The molecule has 31 heavy (non-hydrogen) atoms. The molecule has 0 aliphatic rings. The molecular weight excluding hydrogens is 428 g/mol. The third-order valence-corrected chi connectivity index (χ3v) is 4.11. The molecule has 2 rings (SSSR count). The number of nitrogens with zero attached hydrogens (tertiary/aromatic N) is 2.